The third-order valence-corrected chi connectivity index (χ3v) is 3.33. The first-order chi connectivity index (χ1) is 7.25. The topological polar surface area (TPSA) is 42.7 Å². The Hall–Kier alpha value is -0.900. The summed E-state index contributed by atoms with van der Waals surface area (Å²) in [6.45, 7) is 3.08. The van der Waals surface area contributed by atoms with Crippen molar-refractivity contribution in [3.63, 3.8) is 0 Å². The fourth-order valence-electron chi connectivity index (χ4n) is 2.06. The molecule has 0 saturated heterocycles. The van der Waals surface area contributed by atoms with E-state index in [1.54, 1.807) is 6.33 Å². The second-order valence-corrected chi connectivity index (χ2v) is 4.61. The number of hydrogen-bond acceptors (Lipinski definition) is 3. The molecule has 0 bridgehead atoms. The third kappa shape index (κ3) is 2.78. The van der Waals surface area contributed by atoms with Crippen molar-refractivity contribution in [1.29, 1.82) is 0 Å². The predicted octanol–water partition coefficient (Wildman–Crippen LogP) is 1.48. The molecule has 15 heavy (non-hydrogen) atoms. The van der Waals surface area contributed by atoms with Crippen LogP contribution in [0, 0.1) is 5.92 Å². The molecule has 1 fully saturated rings. The van der Waals surface area contributed by atoms with Gasteiger partial charge in [0.1, 0.15) is 12.2 Å². The van der Waals surface area contributed by atoms with E-state index in [2.05, 4.69) is 22.3 Å². The van der Waals surface area contributed by atoms with Gasteiger partial charge in [0.2, 0.25) is 0 Å². The van der Waals surface area contributed by atoms with Crippen LogP contribution in [0.5, 0.6) is 0 Å². The molecule has 1 heterocycles. The molecule has 0 spiro atoms. The fourth-order valence-corrected chi connectivity index (χ4v) is 2.06. The molecule has 84 valence electrons. The summed E-state index contributed by atoms with van der Waals surface area (Å²) in [4.78, 5) is 4.19. The van der Waals surface area contributed by atoms with Gasteiger partial charge in [0, 0.05) is 13.1 Å². The van der Waals surface area contributed by atoms with Crippen LogP contribution in [0.3, 0.4) is 0 Å². The lowest BCUT2D eigenvalue weighted by Crippen LogP contribution is -2.30. The minimum absolute atomic E-state index is 0.590. The van der Waals surface area contributed by atoms with Crippen molar-refractivity contribution in [2.24, 2.45) is 13.0 Å². The molecule has 1 aliphatic rings. The van der Waals surface area contributed by atoms with Gasteiger partial charge in [-0.2, -0.15) is 5.10 Å². The molecule has 4 heteroatoms. The van der Waals surface area contributed by atoms with Gasteiger partial charge in [0.15, 0.2) is 0 Å². The second kappa shape index (κ2) is 4.75. The average molecular weight is 208 g/mol. The Balaban J connectivity index is 1.70. The normalized spacial score (nSPS) is 18.8. The van der Waals surface area contributed by atoms with Crippen LogP contribution in [0.15, 0.2) is 6.33 Å². The SMILES string of the molecule is CC(CC1CCC1)NCc1ncnn1C. The Morgan fingerprint density at radius 2 is 2.40 bits per heavy atom. The number of rotatable bonds is 5. The average Bonchev–Trinajstić information content (AvgIpc) is 2.55. The van der Waals surface area contributed by atoms with Crippen molar-refractivity contribution < 1.29 is 0 Å². The lowest BCUT2D eigenvalue weighted by atomic mass is 9.81. The highest BCUT2D eigenvalue weighted by Crippen LogP contribution is 2.30. The van der Waals surface area contributed by atoms with Gasteiger partial charge >= 0.3 is 0 Å². The van der Waals surface area contributed by atoms with E-state index >= 15 is 0 Å². The maximum atomic E-state index is 4.19. The summed E-state index contributed by atoms with van der Waals surface area (Å²) in [5.74, 6) is 1.97. The summed E-state index contributed by atoms with van der Waals surface area (Å²) in [5, 5.41) is 7.55. The largest absolute Gasteiger partial charge is 0.307 e. The third-order valence-electron chi connectivity index (χ3n) is 3.33. The van der Waals surface area contributed by atoms with E-state index < -0.39 is 0 Å². The molecule has 1 atom stereocenters. The molecule has 1 N–H and O–H groups in total. The van der Waals surface area contributed by atoms with Gasteiger partial charge in [-0.3, -0.25) is 4.68 Å². The minimum atomic E-state index is 0.590. The van der Waals surface area contributed by atoms with E-state index in [1.165, 1.54) is 25.7 Å². The van der Waals surface area contributed by atoms with Gasteiger partial charge < -0.3 is 5.32 Å². The zero-order valence-corrected chi connectivity index (χ0v) is 9.61. The highest BCUT2D eigenvalue weighted by Gasteiger charge is 2.19. The van der Waals surface area contributed by atoms with E-state index in [1.807, 2.05) is 11.7 Å². The number of nitrogens with one attached hydrogen (secondary N) is 1. The van der Waals surface area contributed by atoms with Crippen molar-refractivity contribution in [3.8, 4) is 0 Å². The molecule has 4 nitrogen and oxygen atoms in total. The summed E-state index contributed by atoms with van der Waals surface area (Å²) in [6, 6.07) is 0.590. The van der Waals surface area contributed by atoms with Crippen LogP contribution in [0.1, 0.15) is 38.4 Å². The first-order valence-electron chi connectivity index (χ1n) is 5.82. The first-order valence-corrected chi connectivity index (χ1v) is 5.82. The van der Waals surface area contributed by atoms with Crippen molar-refractivity contribution in [2.75, 3.05) is 0 Å². The Morgan fingerprint density at radius 3 is 2.93 bits per heavy atom. The van der Waals surface area contributed by atoms with Crippen LogP contribution in [0.2, 0.25) is 0 Å². The predicted molar refractivity (Wildman–Crippen MR) is 59.3 cm³/mol. The minimum Gasteiger partial charge on any atom is -0.307 e. The Bertz CT molecular complexity index is 303. The molecule has 0 aromatic carbocycles. The monoisotopic (exact) mass is 208 g/mol. The quantitative estimate of drug-likeness (QED) is 0.797. The van der Waals surface area contributed by atoms with Crippen LogP contribution >= 0.6 is 0 Å². The fraction of sp³-hybridized carbons (Fsp3) is 0.818. The molecule has 0 radical (unpaired) electrons. The van der Waals surface area contributed by atoms with Crippen molar-refractivity contribution in [1.82, 2.24) is 20.1 Å². The van der Waals surface area contributed by atoms with Gasteiger partial charge in [0.05, 0.1) is 6.54 Å². The highest BCUT2D eigenvalue weighted by molar-refractivity contribution is 4.84. The smallest absolute Gasteiger partial charge is 0.140 e. The van der Waals surface area contributed by atoms with E-state index in [4.69, 9.17) is 0 Å². The van der Waals surface area contributed by atoms with Crippen molar-refractivity contribution >= 4 is 0 Å². The molecule has 2 rings (SSSR count). The number of aromatic nitrogens is 3. The molecule has 1 aromatic rings. The Morgan fingerprint density at radius 1 is 1.60 bits per heavy atom. The molecular weight excluding hydrogens is 188 g/mol. The summed E-state index contributed by atoms with van der Waals surface area (Å²) < 4.78 is 1.82. The summed E-state index contributed by atoms with van der Waals surface area (Å²) in [7, 11) is 1.93. The summed E-state index contributed by atoms with van der Waals surface area (Å²) in [6.07, 6.45) is 7.19. The Kier molecular flexibility index (Phi) is 3.36. The van der Waals surface area contributed by atoms with Crippen LogP contribution in [-0.2, 0) is 13.6 Å². The lowest BCUT2D eigenvalue weighted by Gasteiger charge is -2.28. The van der Waals surface area contributed by atoms with E-state index in [9.17, 15) is 0 Å². The second-order valence-electron chi connectivity index (χ2n) is 4.61. The van der Waals surface area contributed by atoms with Crippen LogP contribution in [0.4, 0.5) is 0 Å². The number of aryl methyl sites for hydroxylation is 1. The van der Waals surface area contributed by atoms with Gasteiger partial charge in [-0.25, -0.2) is 4.98 Å². The van der Waals surface area contributed by atoms with Crippen LogP contribution in [0.25, 0.3) is 0 Å². The zero-order chi connectivity index (χ0) is 10.7. The number of nitrogens with zero attached hydrogens (tertiary/aromatic N) is 3. The van der Waals surface area contributed by atoms with Crippen molar-refractivity contribution in [3.05, 3.63) is 12.2 Å². The lowest BCUT2D eigenvalue weighted by molar-refractivity contribution is 0.264. The standard InChI is InChI=1S/C11H20N4/c1-9(6-10-4-3-5-10)12-7-11-13-8-14-15(11)2/h8-10,12H,3-7H2,1-2H3. The highest BCUT2D eigenvalue weighted by atomic mass is 15.3. The van der Waals surface area contributed by atoms with Crippen molar-refractivity contribution in [2.45, 2.75) is 45.2 Å². The molecule has 0 amide bonds. The van der Waals surface area contributed by atoms with E-state index in [0.29, 0.717) is 6.04 Å². The van der Waals surface area contributed by atoms with Crippen LogP contribution < -0.4 is 5.32 Å². The maximum absolute atomic E-state index is 4.19. The zero-order valence-electron chi connectivity index (χ0n) is 9.61. The molecule has 1 unspecified atom stereocenters. The van der Waals surface area contributed by atoms with Gasteiger partial charge in [-0.15, -0.1) is 0 Å². The van der Waals surface area contributed by atoms with Gasteiger partial charge in [0.25, 0.3) is 0 Å². The Labute approximate surface area is 91.1 Å². The molecule has 1 aliphatic carbocycles. The first kappa shape index (κ1) is 10.6. The van der Waals surface area contributed by atoms with E-state index in [0.717, 1.165) is 18.3 Å². The van der Waals surface area contributed by atoms with Crippen LogP contribution in [-0.4, -0.2) is 20.8 Å². The molecule has 0 aliphatic heterocycles. The summed E-state index contributed by atoms with van der Waals surface area (Å²) in [5.41, 5.74) is 0. The van der Waals surface area contributed by atoms with Gasteiger partial charge in [-0.05, 0) is 19.3 Å². The maximum Gasteiger partial charge on any atom is 0.140 e. The number of hydrogen-bond donors (Lipinski definition) is 1. The molecular formula is C11H20N4. The summed E-state index contributed by atoms with van der Waals surface area (Å²) >= 11 is 0. The molecule has 1 aromatic heterocycles. The molecule has 1 saturated carbocycles. The van der Waals surface area contributed by atoms with E-state index in [-0.39, 0.29) is 0 Å². The van der Waals surface area contributed by atoms with Gasteiger partial charge in [-0.1, -0.05) is 19.3 Å².